The molecule has 1 unspecified atom stereocenters. The van der Waals surface area contributed by atoms with Crippen molar-refractivity contribution in [1.82, 2.24) is 0 Å². The monoisotopic (exact) mass is 265 g/mol. The highest BCUT2D eigenvalue weighted by atomic mass is 19.4. The van der Waals surface area contributed by atoms with Crippen LogP contribution in [0.2, 0.25) is 0 Å². The molecule has 0 aliphatic carbocycles. The van der Waals surface area contributed by atoms with Gasteiger partial charge in [0.2, 0.25) is 0 Å². The molecule has 0 radical (unpaired) electrons. The second-order valence-corrected chi connectivity index (χ2v) is 3.46. The van der Waals surface area contributed by atoms with Gasteiger partial charge in [0.1, 0.15) is 12.4 Å². The summed E-state index contributed by atoms with van der Waals surface area (Å²) in [6, 6.07) is 3.65. The Hall–Kier alpha value is -1.83. The van der Waals surface area contributed by atoms with Crippen LogP contribution in [0.4, 0.5) is 13.2 Å². The molecular weight excluding hydrogens is 255 g/mol. The van der Waals surface area contributed by atoms with Gasteiger partial charge in [-0.1, -0.05) is 12.1 Å². The van der Waals surface area contributed by atoms with Crippen LogP contribution >= 0.6 is 0 Å². The quantitative estimate of drug-likeness (QED) is 0.652. The first-order valence-corrected chi connectivity index (χ1v) is 4.87. The summed E-state index contributed by atoms with van der Waals surface area (Å²) < 4.78 is 40.2. The molecule has 0 heterocycles. The summed E-state index contributed by atoms with van der Waals surface area (Å²) in [5.41, 5.74) is 0.0853. The van der Waals surface area contributed by atoms with Gasteiger partial charge in [0, 0.05) is 10.5 Å². The van der Waals surface area contributed by atoms with Crippen LogP contribution in [0.25, 0.3) is 0 Å². The van der Waals surface area contributed by atoms with Gasteiger partial charge in [-0.05, 0) is 12.1 Å². The topological polar surface area (TPSA) is 72.6 Å². The van der Waals surface area contributed by atoms with Crippen LogP contribution < -0.4 is 4.74 Å². The second kappa shape index (κ2) is 5.67. The third-order valence-electron chi connectivity index (χ3n) is 2.07. The lowest BCUT2D eigenvalue weighted by molar-refractivity contribution is -0.532. The minimum absolute atomic E-state index is 0.0853. The van der Waals surface area contributed by atoms with E-state index in [4.69, 9.17) is 5.11 Å². The molecule has 100 valence electrons. The van der Waals surface area contributed by atoms with E-state index in [0.29, 0.717) is 0 Å². The largest absolute Gasteiger partial charge is 0.484 e. The summed E-state index contributed by atoms with van der Waals surface area (Å²) in [6.45, 7) is -2.21. The lowest BCUT2D eigenvalue weighted by atomic mass is 10.1. The SMILES string of the molecule is O=[N+]([O-])C(CO)c1cccc(OCC(F)(F)F)c1. The molecule has 0 spiro atoms. The Labute approximate surface area is 99.9 Å². The van der Waals surface area contributed by atoms with Crippen molar-refractivity contribution in [2.45, 2.75) is 12.2 Å². The Morgan fingerprint density at radius 3 is 2.61 bits per heavy atom. The van der Waals surface area contributed by atoms with Crippen LogP contribution in [0.15, 0.2) is 24.3 Å². The molecule has 1 rings (SSSR count). The zero-order chi connectivity index (χ0) is 13.8. The Balaban J connectivity index is 2.82. The van der Waals surface area contributed by atoms with Crippen molar-refractivity contribution in [3.8, 4) is 5.75 Å². The minimum atomic E-state index is -4.48. The van der Waals surface area contributed by atoms with Crippen LogP contribution in [-0.2, 0) is 0 Å². The van der Waals surface area contributed by atoms with Gasteiger partial charge in [-0.15, -0.1) is 0 Å². The number of benzene rings is 1. The minimum Gasteiger partial charge on any atom is -0.484 e. The molecule has 18 heavy (non-hydrogen) atoms. The molecule has 8 heteroatoms. The van der Waals surface area contributed by atoms with E-state index in [9.17, 15) is 23.3 Å². The first-order chi connectivity index (χ1) is 8.33. The third-order valence-corrected chi connectivity index (χ3v) is 2.07. The number of halogens is 3. The van der Waals surface area contributed by atoms with Crippen LogP contribution in [0.5, 0.6) is 5.75 Å². The third kappa shape index (κ3) is 4.21. The summed E-state index contributed by atoms with van der Waals surface area (Å²) in [4.78, 5) is 9.86. The van der Waals surface area contributed by atoms with Crippen LogP contribution in [0, 0.1) is 10.1 Å². The Morgan fingerprint density at radius 1 is 1.44 bits per heavy atom. The van der Waals surface area contributed by atoms with E-state index in [-0.39, 0.29) is 11.3 Å². The number of nitrogens with zero attached hydrogens (tertiary/aromatic N) is 1. The summed E-state index contributed by atoms with van der Waals surface area (Å²) in [5, 5.41) is 19.4. The molecule has 0 aromatic heterocycles. The lowest BCUT2D eigenvalue weighted by Gasteiger charge is -2.11. The summed E-state index contributed by atoms with van der Waals surface area (Å²) in [7, 11) is 0. The predicted molar refractivity (Wildman–Crippen MR) is 54.8 cm³/mol. The summed E-state index contributed by atoms with van der Waals surface area (Å²) in [6.07, 6.45) is -4.48. The van der Waals surface area contributed by atoms with E-state index in [1.54, 1.807) is 0 Å². The highest BCUT2D eigenvalue weighted by molar-refractivity contribution is 5.30. The molecule has 1 N–H and O–H groups in total. The number of hydrogen-bond acceptors (Lipinski definition) is 4. The summed E-state index contributed by atoms with van der Waals surface area (Å²) in [5.74, 6) is -0.134. The average molecular weight is 265 g/mol. The molecule has 1 aromatic rings. The number of alkyl halides is 3. The zero-order valence-corrected chi connectivity index (χ0v) is 9.05. The normalized spacial score (nSPS) is 13.1. The number of aliphatic hydroxyl groups excluding tert-OH is 1. The van der Waals surface area contributed by atoms with E-state index in [2.05, 4.69) is 4.74 Å². The molecule has 0 saturated carbocycles. The molecular formula is C10H10F3NO4. The van der Waals surface area contributed by atoms with E-state index >= 15 is 0 Å². The van der Waals surface area contributed by atoms with Crippen molar-refractivity contribution >= 4 is 0 Å². The van der Waals surface area contributed by atoms with E-state index in [0.717, 1.165) is 6.07 Å². The average Bonchev–Trinajstić information content (AvgIpc) is 2.26. The van der Waals surface area contributed by atoms with Crippen molar-refractivity contribution in [1.29, 1.82) is 0 Å². The standard InChI is InChI=1S/C10H10F3NO4/c11-10(12,13)6-18-8-3-1-2-7(4-8)9(5-15)14(16)17/h1-4,9,15H,5-6H2. The maximum absolute atomic E-state index is 11.9. The Bertz CT molecular complexity index is 422. The molecule has 0 bridgehead atoms. The molecule has 0 saturated heterocycles. The molecule has 5 nitrogen and oxygen atoms in total. The van der Waals surface area contributed by atoms with Gasteiger partial charge in [0.05, 0.1) is 0 Å². The Kier molecular flexibility index (Phi) is 4.49. The maximum Gasteiger partial charge on any atom is 0.422 e. The first-order valence-electron chi connectivity index (χ1n) is 4.87. The zero-order valence-electron chi connectivity index (χ0n) is 9.05. The fourth-order valence-electron chi connectivity index (χ4n) is 1.27. The first kappa shape index (κ1) is 14.2. The smallest absolute Gasteiger partial charge is 0.422 e. The highest BCUT2D eigenvalue weighted by Gasteiger charge is 2.29. The van der Waals surface area contributed by atoms with Gasteiger partial charge in [-0.2, -0.15) is 13.2 Å². The highest BCUT2D eigenvalue weighted by Crippen LogP contribution is 2.23. The number of nitro groups is 1. The molecule has 0 fully saturated rings. The van der Waals surface area contributed by atoms with Crippen molar-refractivity contribution < 1.29 is 27.9 Å². The Morgan fingerprint density at radius 2 is 2.11 bits per heavy atom. The number of aliphatic hydroxyl groups is 1. The molecule has 0 aliphatic heterocycles. The van der Waals surface area contributed by atoms with Crippen LogP contribution in [0.3, 0.4) is 0 Å². The van der Waals surface area contributed by atoms with Crippen LogP contribution in [-0.4, -0.2) is 29.4 Å². The lowest BCUT2D eigenvalue weighted by Crippen LogP contribution is -2.19. The van der Waals surface area contributed by atoms with Crippen molar-refractivity contribution in [3.63, 3.8) is 0 Å². The fraction of sp³-hybridized carbons (Fsp3) is 0.400. The van der Waals surface area contributed by atoms with Crippen molar-refractivity contribution in [2.24, 2.45) is 0 Å². The number of ether oxygens (including phenoxy) is 1. The van der Waals surface area contributed by atoms with Crippen LogP contribution in [0.1, 0.15) is 11.6 Å². The summed E-state index contributed by atoms with van der Waals surface area (Å²) >= 11 is 0. The van der Waals surface area contributed by atoms with Gasteiger partial charge in [0.25, 0.3) is 6.04 Å². The number of hydrogen-bond donors (Lipinski definition) is 1. The number of rotatable bonds is 5. The van der Waals surface area contributed by atoms with Gasteiger partial charge in [-0.25, -0.2) is 0 Å². The van der Waals surface area contributed by atoms with Gasteiger partial charge in [0.15, 0.2) is 6.61 Å². The van der Waals surface area contributed by atoms with E-state index < -0.39 is 30.4 Å². The van der Waals surface area contributed by atoms with Gasteiger partial charge in [-0.3, -0.25) is 10.1 Å². The van der Waals surface area contributed by atoms with Gasteiger partial charge < -0.3 is 9.84 Å². The fourth-order valence-corrected chi connectivity index (χ4v) is 1.27. The van der Waals surface area contributed by atoms with E-state index in [1.165, 1.54) is 18.2 Å². The molecule has 0 amide bonds. The van der Waals surface area contributed by atoms with E-state index in [1.807, 2.05) is 0 Å². The second-order valence-electron chi connectivity index (χ2n) is 3.46. The van der Waals surface area contributed by atoms with Crippen molar-refractivity contribution in [3.05, 3.63) is 39.9 Å². The molecule has 0 aliphatic rings. The molecule has 1 aromatic carbocycles. The maximum atomic E-state index is 11.9. The predicted octanol–water partition coefficient (Wildman–Crippen LogP) is 1.94. The van der Waals surface area contributed by atoms with Gasteiger partial charge >= 0.3 is 6.18 Å². The van der Waals surface area contributed by atoms with Crippen molar-refractivity contribution in [2.75, 3.05) is 13.2 Å². The molecule has 1 atom stereocenters.